The van der Waals surface area contributed by atoms with Crippen LogP contribution in [0.5, 0.6) is 5.75 Å². The minimum absolute atomic E-state index is 0.115. The van der Waals surface area contributed by atoms with Crippen molar-refractivity contribution in [2.75, 3.05) is 18.2 Å². The van der Waals surface area contributed by atoms with Crippen LogP contribution in [0.2, 0.25) is 0 Å². The molecule has 174 valence electrons. The number of ether oxygens (including phenoxy) is 1. The molecule has 0 radical (unpaired) electrons. The van der Waals surface area contributed by atoms with Gasteiger partial charge in [-0.25, -0.2) is 0 Å². The number of anilines is 1. The van der Waals surface area contributed by atoms with Gasteiger partial charge < -0.3 is 19.9 Å². The number of hydrogen-bond donors (Lipinski definition) is 2. The van der Waals surface area contributed by atoms with Crippen LogP contribution in [-0.2, 0) is 11.3 Å². The Morgan fingerprint density at radius 1 is 1.09 bits per heavy atom. The summed E-state index contributed by atoms with van der Waals surface area (Å²) in [5, 5.41) is 15.0. The highest BCUT2D eigenvalue weighted by atomic mass is 32.2. The molecule has 8 nitrogen and oxygen atoms in total. The van der Waals surface area contributed by atoms with E-state index >= 15 is 0 Å². The number of thioether (sulfide) groups is 1. The highest BCUT2D eigenvalue weighted by molar-refractivity contribution is 7.99. The summed E-state index contributed by atoms with van der Waals surface area (Å²) >= 11 is 1.31. The summed E-state index contributed by atoms with van der Waals surface area (Å²) in [6.07, 6.45) is 0. The van der Waals surface area contributed by atoms with Crippen LogP contribution in [-0.4, -0.2) is 39.4 Å². The van der Waals surface area contributed by atoms with Gasteiger partial charge in [0, 0.05) is 17.8 Å². The van der Waals surface area contributed by atoms with E-state index in [1.54, 1.807) is 31.4 Å². The van der Waals surface area contributed by atoms with Gasteiger partial charge in [-0.15, -0.1) is 10.2 Å². The van der Waals surface area contributed by atoms with E-state index in [0.29, 0.717) is 28.8 Å². The number of benzene rings is 2. The minimum atomic E-state index is -0.356. The molecular weight excluding hydrogens is 438 g/mol. The molecule has 0 spiro atoms. The topological polar surface area (TPSA) is 98.1 Å². The predicted octanol–water partition coefficient (Wildman–Crippen LogP) is 4.15. The monoisotopic (exact) mass is 467 g/mol. The normalized spacial score (nSPS) is 11.7. The van der Waals surface area contributed by atoms with Crippen molar-refractivity contribution in [3.63, 3.8) is 0 Å². The van der Waals surface area contributed by atoms with Crippen LogP contribution < -0.4 is 15.4 Å². The maximum Gasteiger partial charge on any atom is 0.251 e. The number of rotatable bonds is 9. The summed E-state index contributed by atoms with van der Waals surface area (Å²) in [5.41, 5.74) is 3.61. The lowest BCUT2D eigenvalue weighted by atomic mass is 10.1. The van der Waals surface area contributed by atoms with Crippen molar-refractivity contribution in [1.29, 1.82) is 0 Å². The van der Waals surface area contributed by atoms with E-state index in [0.717, 1.165) is 11.3 Å². The zero-order valence-corrected chi connectivity index (χ0v) is 20.3. The molecular formula is C24H29N5O3S. The second-order valence-corrected chi connectivity index (χ2v) is 8.59. The SMILES string of the molecule is CCn1c(SCC(=O)Nc2ccc(C)c(C)c2)nnc1C(C)NC(=O)c1ccc(OC)cc1. The first-order valence-corrected chi connectivity index (χ1v) is 11.7. The van der Waals surface area contributed by atoms with E-state index < -0.39 is 0 Å². The fourth-order valence-corrected chi connectivity index (χ4v) is 4.07. The van der Waals surface area contributed by atoms with Crippen LogP contribution in [0.1, 0.15) is 47.2 Å². The Balaban J connectivity index is 1.61. The Labute approximate surface area is 198 Å². The van der Waals surface area contributed by atoms with Crippen molar-refractivity contribution in [3.05, 3.63) is 65.0 Å². The maximum atomic E-state index is 12.6. The Morgan fingerprint density at radius 2 is 1.82 bits per heavy atom. The van der Waals surface area contributed by atoms with E-state index in [4.69, 9.17) is 4.74 Å². The number of methoxy groups -OCH3 is 1. The molecule has 0 saturated carbocycles. The molecule has 9 heteroatoms. The molecule has 3 rings (SSSR count). The molecule has 1 aromatic heterocycles. The Morgan fingerprint density at radius 3 is 2.45 bits per heavy atom. The van der Waals surface area contributed by atoms with Crippen molar-refractivity contribution in [2.45, 2.75) is 45.4 Å². The van der Waals surface area contributed by atoms with E-state index in [1.165, 1.54) is 17.3 Å². The maximum absolute atomic E-state index is 12.6. The Bertz CT molecular complexity index is 1130. The summed E-state index contributed by atoms with van der Waals surface area (Å²) in [7, 11) is 1.58. The van der Waals surface area contributed by atoms with Crippen LogP contribution >= 0.6 is 11.8 Å². The average molecular weight is 468 g/mol. The number of amides is 2. The van der Waals surface area contributed by atoms with Crippen molar-refractivity contribution in [1.82, 2.24) is 20.1 Å². The smallest absolute Gasteiger partial charge is 0.251 e. The van der Waals surface area contributed by atoms with Crippen molar-refractivity contribution in [3.8, 4) is 5.75 Å². The molecule has 2 N–H and O–H groups in total. The third-order valence-corrected chi connectivity index (χ3v) is 6.24. The summed E-state index contributed by atoms with van der Waals surface area (Å²) in [6, 6.07) is 12.4. The van der Waals surface area contributed by atoms with Gasteiger partial charge >= 0.3 is 0 Å². The average Bonchev–Trinajstić information content (AvgIpc) is 3.23. The number of aryl methyl sites for hydroxylation is 2. The van der Waals surface area contributed by atoms with E-state index in [2.05, 4.69) is 20.8 Å². The van der Waals surface area contributed by atoms with Gasteiger partial charge in [0.15, 0.2) is 11.0 Å². The molecule has 0 saturated heterocycles. The van der Waals surface area contributed by atoms with Crippen molar-refractivity contribution in [2.24, 2.45) is 0 Å². The Hall–Kier alpha value is -3.33. The number of hydrogen-bond acceptors (Lipinski definition) is 6. The number of nitrogens with one attached hydrogen (secondary N) is 2. The summed E-state index contributed by atoms with van der Waals surface area (Å²) in [5.74, 6) is 1.21. The fraction of sp³-hybridized carbons (Fsp3) is 0.333. The fourth-order valence-electron chi connectivity index (χ4n) is 3.26. The minimum Gasteiger partial charge on any atom is -0.497 e. The molecule has 2 amide bonds. The van der Waals surface area contributed by atoms with Crippen LogP contribution in [0.15, 0.2) is 47.6 Å². The van der Waals surface area contributed by atoms with Crippen LogP contribution in [0.25, 0.3) is 0 Å². The van der Waals surface area contributed by atoms with Gasteiger partial charge in [0.25, 0.3) is 5.91 Å². The van der Waals surface area contributed by atoms with Gasteiger partial charge in [-0.1, -0.05) is 17.8 Å². The Kier molecular flexibility index (Phi) is 8.11. The molecule has 1 atom stereocenters. The van der Waals surface area contributed by atoms with E-state index in [-0.39, 0.29) is 23.6 Å². The van der Waals surface area contributed by atoms with E-state index in [1.807, 2.05) is 50.5 Å². The molecule has 2 aromatic carbocycles. The van der Waals surface area contributed by atoms with Crippen molar-refractivity contribution >= 4 is 29.3 Å². The molecule has 0 aliphatic carbocycles. The van der Waals surface area contributed by atoms with Gasteiger partial charge in [-0.2, -0.15) is 0 Å². The number of aromatic nitrogens is 3. The second kappa shape index (κ2) is 11.0. The number of carbonyl (C=O) groups excluding carboxylic acids is 2. The molecule has 0 aliphatic rings. The lowest BCUT2D eigenvalue weighted by molar-refractivity contribution is -0.113. The molecule has 1 heterocycles. The molecule has 0 aliphatic heterocycles. The first-order valence-electron chi connectivity index (χ1n) is 10.7. The zero-order valence-electron chi connectivity index (χ0n) is 19.5. The van der Waals surface area contributed by atoms with Crippen LogP contribution in [0.4, 0.5) is 5.69 Å². The third kappa shape index (κ3) is 6.13. The van der Waals surface area contributed by atoms with Crippen LogP contribution in [0, 0.1) is 13.8 Å². The standard InChI is InChI=1S/C24H29N5O3S/c1-6-29-22(17(4)25-23(31)18-8-11-20(32-5)12-9-18)27-28-24(29)33-14-21(30)26-19-10-7-15(2)16(3)13-19/h7-13,17H,6,14H2,1-5H3,(H,25,31)(H,26,30). The summed E-state index contributed by atoms with van der Waals surface area (Å²) < 4.78 is 7.04. The first kappa shape index (κ1) is 24.3. The largest absolute Gasteiger partial charge is 0.497 e. The van der Waals surface area contributed by atoms with Gasteiger partial charge in [0.05, 0.1) is 18.9 Å². The first-order chi connectivity index (χ1) is 15.8. The molecule has 0 bridgehead atoms. The second-order valence-electron chi connectivity index (χ2n) is 7.64. The predicted molar refractivity (Wildman–Crippen MR) is 130 cm³/mol. The highest BCUT2D eigenvalue weighted by Crippen LogP contribution is 2.22. The van der Waals surface area contributed by atoms with Crippen LogP contribution in [0.3, 0.4) is 0 Å². The van der Waals surface area contributed by atoms with Crippen molar-refractivity contribution < 1.29 is 14.3 Å². The summed E-state index contributed by atoms with van der Waals surface area (Å²) in [4.78, 5) is 25.0. The molecule has 0 fully saturated rings. The lowest BCUT2D eigenvalue weighted by Crippen LogP contribution is -2.28. The number of carbonyl (C=O) groups is 2. The van der Waals surface area contributed by atoms with E-state index in [9.17, 15) is 9.59 Å². The quantitative estimate of drug-likeness (QED) is 0.459. The summed E-state index contributed by atoms with van der Waals surface area (Å²) in [6.45, 7) is 8.50. The number of nitrogens with zero attached hydrogens (tertiary/aromatic N) is 3. The van der Waals surface area contributed by atoms with Gasteiger partial charge in [-0.3, -0.25) is 9.59 Å². The third-order valence-electron chi connectivity index (χ3n) is 5.27. The zero-order chi connectivity index (χ0) is 24.0. The van der Waals surface area contributed by atoms with Gasteiger partial charge in [-0.05, 0) is 75.2 Å². The van der Waals surface area contributed by atoms with Gasteiger partial charge in [0.1, 0.15) is 5.75 Å². The molecule has 3 aromatic rings. The highest BCUT2D eigenvalue weighted by Gasteiger charge is 2.20. The molecule has 33 heavy (non-hydrogen) atoms. The van der Waals surface area contributed by atoms with Gasteiger partial charge in [0.2, 0.25) is 5.91 Å². The lowest BCUT2D eigenvalue weighted by Gasteiger charge is -2.15. The molecule has 1 unspecified atom stereocenters.